The molecule has 136 valence electrons. The monoisotopic (exact) mass is 479 g/mol. The van der Waals surface area contributed by atoms with Gasteiger partial charge in [-0.1, -0.05) is 0 Å². The van der Waals surface area contributed by atoms with Crippen LogP contribution in [0.5, 0.6) is 0 Å². The molecule has 0 atom stereocenters. The summed E-state index contributed by atoms with van der Waals surface area (Å²) >= 11 is 2.17. The highest BCUT2D eigenvalue weighted by Gasteiger charge is 2.26. The van der Waals surface area contributed by atoms with Crippen LogP contribution in [0.1, 0.15) is 16.7 Å². The fourth-order valence-electron chi connectivity index (χ4n) is 2.38. The molecule has 1 aliphatic rings. The van der Waals surface area contributed by atoms with E-state index < -0.39 is 27.2 Å². The number of esters is 1. The van der Waals surface area contributed by atoms with Crippen molar-refractivity contribution in [2.24, 2.45) is 4.99 Å². The molecule has 2 aromatic carbocycles. The number of halogens is 1. The summed E-state index contributed by atoms with van der Waals surface area (Å²) in [5.74, 6) is -0.663. The van der Waals surface area contributed by atoms with Gasteiger partial charge >= 0.3 is 5.97 Å². The maximum Gasteiger partial charge on any atom is 0.363 e. The Labute approximate surface area is 165 Å². The van der Waals surface area contributed by atoms with Gasteiger partial charge in [-0.25, -0.2) is 9.79 Å². The highest BCUT2D eigenvalue weighted by atomic mass is 127. The molecular formula is C17H10IN3O6. The van der Waals surface area contributed by atoms with Gasteiger partial charge in [0.2, 0.25) is 5.90 Å². The van der Waals surface area contributed by atoms with Crippen LogP contribution >= 0.6 is 22.6 Å². The fraction of sp³-hybridized carbons (Fsp3) is 0.0588. The predicted octanol–water partition coefficient (Wildman–Crippen LogP) is 3.76. The summed E-state index contributed by atoms with van der Waals surface area (Å²) in [6.45, 7) is 1.90. The number of hydrogen-bond donors (Lipinski definition) is 0. The van der Waals surface area contributed by atoms with E-state index in [1.165, 1.54) is 12.1 Å². The minimum Gasteiger partial charge on any atom is -0.402 e. The summed E-state index contributed by atoms with van der Waals surface area (Å²) in [5, 5.41) is 22.0. The maximum absolute atomic E-state index is 12.1. The Balaban J connectivity index is 2.03. The van der Waals surface area contributed by atoms with Gasteiger partial charge < -0.3 is 4.74 Å². The number of cyclic esters (lactones) is 1. The van der Waals surface area contributed by atoms with E-state index in [2.05, 4.69) is 27.6 Å². The molecule has 27 heavy (non-hydrogen) atoms. The molecule has 0 aromatic heterocycles. The van der Waals surface area contributed by atoms with E-state index in [1.807, 2.05) is 19.1 Å². The lowest BCUT2D eigenvalue weighted by Gasteiger charge is -2.02. The van der Waals surface area contributed by atoms with Gasteiger partial charge in [-0.15, -0.1) is 0 Å². The number of hydrogen-bond acceptors (Lipinski definition) is 7. The highest BCUT2D eigenvalue weighted by Crippen LogP contribution is 2.28. The first-order chi connectivity index (χ1) is 12.8. The minimum atomic E-state index is -0.757. The second kappa shape index (κ2) is 7.23. The van der Waals surface area contributed by atoms with Gasteiger partial charge in [0, 0.05) is 15.2 Å². The van der Waals surface area contributed by atoms with E-state index in [-0.39, 0.29) is 17.2 Å². The lowest BCUT2D eigenvalue weighted by atomic mass is 10.1. The van der Waals surface area contributed by atoms with Crippen molar-refractivity contribution in [2.75, 3.05) is 0 Å². The van der Waals surface area contributed by atoms with Crippen molar-refractivity contribution in [3.05, 3.63) is 82.6 Å². The van der Waals surface area contributed by atoms with Crippen LogP contribution in [0.15, 0.2) is 47.1 Å². The van der Waals surface area contributed by atoms with Crippen LogP contribution in [0.25, 0.3) is 6.08 Å². The number of carbonyl (C=O) groups is 1. The number of nitro benzene ring substituents is 2. The minimum absolute atomic E-state index is 0.0151. The van der Waals surface area contributed by atoms with Gasteiger partial charge in [0.05, 0.1) is 21.5 Å². The molecule has 0 saturated carbocycles. The molecule has 2 aromatic rings. The predicted molar refractivity (Wildman–Crippen MR) is 104 cm³/mol. The van der Waals surface area contributed by atoms with Crippen molar-refractivity contribution in [3.63, 3.8) is 0 Å². The molecule has 0 aliphatic carbocycles. The largest absolute Gasteiger partial charge is 0.402 e. The number of carbonyl (C=O) groups excluding carboxylic acids is 1. The Morgan fingerprint density at radius 3 is 2.48 bits per heavy atom. The number of benzene rings is 2. The van der Waals surface area contributed by atoms with Crippen LogP contribution in [0, 0.1) is 30.7 Å². The zero-order valence-corrected chi connectivity index (χ0v) is 15.9. The summed E-state index contributed by atoms with van der Waals surface area (Å²) < 4.78 is 6.19. The average molecular weight is 479 g/mol. The third kappa shape index (κ3) is 3.84. The smallest absolute Gasteiger partial charge is 0.363 e. The van der Waals surface area contributed by atoms with Gasteiger partial charge in [0.1, 0.15) is 0 Å². The molecule has 0 amide bonds. The summed E-state index contributed by atoms with van der Waals surface area (Å²) in [5.41, 5.74) is 0.548. The van der Waals surface area contributed by atoms with Crippen LogP contribution in [-0.2, 0) is 9.53 Å². The summed E-state index contributed by atoms with van der Waals surface area (Å²) in [7, 11) is 0. The van der Waals surface area contributed by atoms with Gasteiger partial charge in [-0.05, 0) is 65.4 Å². The van der Waals surface area contributed by atoms with Crippen molar-refractivity contribution >= 4 is 51.9 Å². The van der Waals surface area contributed by atoms with Gasteiger partial charge in [-0.3, -0.25) is 20.2 Å². The number of non-ortho nitro benzene ring substituents is 1. The summed E-state index contributed by atoms with van der Waals surface area (Å²) in [6.07, 6.45) is 1.18. The van der Waals surface area contributed by atoms with E-state index >= 15 is 0 Å². The van der Waals surface area contributed by atoms with E-state index in [9.17, 15) is 25.0 Å². The number of ether oxygens (including phenoxy) is 1. The summed E-state index contributed by atoms with van der Waals surface area (Å²) in [4.78, 5) is 36.7. The van der Waals surface area contributed by atoms with Crippen LogP contribution in [0.2, 0.25) is 0 Å². The number of aryl methyl sites for hydroxylation is 1. The zero-order chi connectivity index (χ0) is 19.7. The van der Waals surface area contributed by atoms with Crippen molar-refractivity contribution in [2.45, 2.75) is 6.92 Å². The molecule has 0 fully saturated rings. The number of nitrogens with zero attached hydrogens (tertiary/aromatic N) is 3. The lowest BCUT2D eigenvalue weighted by Crippen LogP contribution is -2.06. The van der Waals surface area contributed by atoms with Crippen LogP contribution in [0.4, 0.5) is 11.4 Å². The first kappa shape index (κ1) is 18.6. The first-order valence-electron chi connectivity index (χ1n) is 7.48. The van der Waals surface area contributed by atoms with Crippen molar-refractivity contribution in [1.82, 2.24) is 0 Å². The van der Waals surface area contributed by atoms with Gasteiger partial charge in [0.15, 0.2) is 5.70 Å². The molecule has 0 radical (unpaired) electrons. The van der Waals surface area contributed by atoms with Crippen LogP contribution in [0.3, 0.4) is 0 Å². The molecule has 1 aliphatic heterocycles. The Bertz CT molecular complexity index is 1060. The maximum atomic E-state index is 12.1. The van der Waals surface area contributed by atoms with Crippen molar-refractivity contribution in [3.8, 4) is 0 Å². The third-order valence-corrected chi connectivity index (χ3v) is 4.95. The Morgan fingerprint density at radius 2 is 1.85 bits per heavy atom. The van der Waals surface area contributed by atoms with E-state index in [1.54, 1.807) is 6.07 Å². The quantitative estimate of drug-likeness (QED) is 0.216. The Morgan fingerprint density at radius 1 is 1.11 bits per heavy atom. The molecule has 0 N–H and O–H groups in total. The van der Waals surface area contributed by atoms with Crippen molar-refractivity contribution < 1.29 is 19.4 Å². The number of nitro groups is 2. The molecular weight excluding hydrogens is 469 g/mol. The highest BCUT2D eigenvalue weighted by molar-refractivity contribution is 14.1. The molecule has 9 nitrogen and oxygen atoms in total. The molecule has 3 rings (SSSR count). The topological polar surface area (TPSA) is 125 Å². The first-order valence-corrected chi connectivity index (χ1v) is 8.56. The fourth-order valence-corrected chi connectivity index (χ4v) is 2.72. The molecule has 10 heteroatoms. The lowest BCUT2D eigenvalue weighted by molar-refractivity contribution is -0.394. The van der Waals surface area contributed by atoms with Crippen molar-refractivity contribution in [1.29, 1.82) is 0 Å². The summed E-state index contributed by atoms with van der Waals surface area (Å²) in [6, 6.07) is 8.56. The molecule has 0 saturated heterocycles. The molecule has 0 bridgehead atoms. The third-order valence-electron chi connectivity index (χ3n) is 3.74. The van der Waals surface area contributed by atoms with E-state index in [0.717, 1.165) is 21.3 Å². The Hall–Kier alpha value is -3.15. The van der Waals surface area contributed by atoms with E-state index in [4.69, 9.17) is 4.74 Å². The second-order valence-electron chi connectivity index (χ2n) is 5.56. The number of rotatable bonds is 4. The number of aliphatic imine (C=N–C) groups is 1. The van der Waals surface area contributed by atoms with Gasteiger partial charge in [-0.2, -0.15) is 0 Å². The second-order valence-corrected chi connectivity index (χ2v) is 6.72. The SMILES string of the molecule is Cc1cc(C2=N/C(=C\c3ccc([N+](=O)[O-])cc3[N+](=O)[O-])C(=O)O2)ccc1I. The molecule has 0 unspecified atom stereocenters. The normalized spacial score (nSPS) is 14.8. The average Bonchev–Trinajstić information content (AvgIpc) is 2.98. The molecule has 1 heterocycles. The Kier molecular flexibility index (Phi) is 4.99. The molecule has 0 spiro atoms. The van der Waals surface area contributed by atoms with Gasteiger partial charge in [0.25, 0.3) is 11.4 Å². The standard InChI is InChI=1S/C17H10IN3O6/c1-9-6-11(3-5-13(9)18)16-19-14(17(22)27-16)7-10-2-4-12(20(23)24)8-15(10)21(25)26/h2-8H,1H3/b14-7-. The van der Waals surface area contributed by atoms with E-state index in [0.29, 0.717) is 5.56 Å². The van der Waals surface area contributed by atoms with Crippen LogP contribution in [-0.4, -0.2) is 21.7 Å². The zero-order valence-electron chi connectivity index (χ0n) is 13.7. The van der Waals surface area contributed by atoms with Crippen LogP contribution < -0.4 is 0 Å².